The van der Waals surface area contributed by atoms with Gasteiger partial charge in [0.25, 0.3) is 11.1 Å². The Morgan fingerprint density at radius 3 is 1.20 bits per heavy atom. The van der Waals surface area contributed by atoms with E-state index in [1.807, 2.05) is 0 Å². The van der Waals surface area contributed by atoms with Crippen molar-refractivity contribution in [3.8, 4) is 0 Å². The van der Waals surface area contributed by atoms with E-state index >= 15 is 0 Å². The van der Waals surface area contributed by atoms with E-state index in [0.717, 1.165) is 45.3 Å². The van der Waals surface area contributed by atoms with Crippen LogP contribution in [0.25, 0.3) is 44.7 Å². The Bertz CT molecular complexity index is 4330. The Hall–Kier alpha value is -7.01. The topological polar surface area (TPSA) is 670 Å². The number of aliphatic hydroxyl groups is 5. The highest BCUT2D eigenvalue weighted by Gasteiger charge is 2.55. The molecule has 4 saturated heterocycles. The molecule has 12 heterocycles. The van der Waals surface area contributed by atoms with Crippen LogP contribution in [-0.2, 0) is 68.9 Å². The smallest absolute Gasteiger partial charge is 0.387 e. The molecule has 484 valence electrons. The van der Waals surface area contributed by atoms with E-state index in [0.29, 0.717) is 0 Å². The van der Waals surface area contributed by atoms with Gasteiger partial charge in [-0.25, -0.2) is 53.6 Å². The van der Waals surface area contributed by atoms with Gasteiger partial charge in [-0.05, 0) is 0 Å². The number of fused-ring (bicyclic) bond motifs is 4. The molecule has 0 saturated carbocycles. The standard InChI is InChI=1S/C40H48N20O26P4/c41-27-15-29(47-5-45-27)57(7-49-15)35-20(62)19(61)11(80-35)2-77-88(70,71)85-25-13(82-37(22(25)64)59-9-51-17-31(59)53-39(43)55-33(17)66)4-79-90(74,75)86-26-14(83-38(23(26)65)60-10-52-18-32(60)54-40(44)56-34(18)67)3-78-89(72,73)84-24-12(1-76-87(68)69)81-36(21(24)63)58-8-50-16-28(42)46-6-48-30(16)58/h5-14,19-26,35-38,61-65H,1-4H2,(H13-,41,42,43,44,45,46,47,48,53,54,55,56,66,67,68,69,70,71,72,73,74,75)/p+1/t11-,12-,13-,14-,19-,20-,21-,22-,23-,24-,25-,26-,35-,36-,37-,38-/m1/s1. The Labute approximate surface area is 497 Å². The Kier molecular flexibility index (Phi) is 17.0. The third-order valence-electron chi connectivity index (χ3n) is 14.4. The second-order valence-electron chi connectivity index (χ2n) is 20.0. The summed E-state index contributed by atoms with van der Waals surface area (Å²) in [4.78, 5) is 113. The molecule has 0 amide bonds. The van der Waals surface area contributed by atoms with Crippen LogP contribution in [0.1, 0.15) is 24.9 Å². The molecule has 0 spiro atoms. The highest BCUT2D eigenvalue weighted by Crippen LogP contribution is 2.54. The molecule has 90 heavy (non-hydrogen) atoms. The highest BCUT2D eigenvalue weighted by atomic mass is 31.2. The number of phosphoric ester groups is 3. The first-order valence-corrected chi connectivity index (χ1v) is 31.4. The summed E-state index contributed by atoms with van der Waals surface area (Å²) in [5, 5.41) is 57.1. The fourth-order valence-electron chi connectivity index (χ4n) is 10.3. The molecule has 8 aromatic heterocycles. The van der Waals surface area contributed by atoms with Crippen molar-refractivity contribution in [3.63, 3.8) is 0 Å². The minimum atomic E-state index is -5.79. The number of hydrogen-bond acceptors (Lipinski definition) is 36. The summed E-state index contributed by atoms with van der Waals surface area (Å²) in [5.41, 5.74) is 20.5. The quantitative estimate of drug-likeness (QED) is 0.0282. The van der Waals surface area contributed by atoms with Gasteiger partial charge in [0.15, 0.2) is 70.2 Å². The number of phosphoric acid groups is 3. The van der Waals surface area contributed by atoms with Gasteiger partial charge in [0.2, 0.25) is 11.9 Å². The van der Waals surface area contributed by atoms with Crippen molar-refractivity contribution >= 4 is 99.9 Å². The van der Waals surface area contributed by atoms with Gasteiger partial charge in [-0.15, -0.1) is 9.42 Å². The van der Waals surface area contributed by atoms with Crippen molar-refractivity contribution < 1.29 is 114 Å². The van der Waals surface area contributed by atoms with E-state index in [4.69, 9.17) is 73.5 Å². The number of hydrogen-bond donors (Lipinski definition) is 15. The lowest BCUT2D eigenvalue weighted by Gasteiger charge is -2.26. The number of imidazole rings is 4. The van der Waals surface area contributed by atoms with Crippen molar-refractivity contribution in [2.45, 2.75) is 98.2 Å². The van der Waals surface area contributed by atoms with Gasteiger partial charge in [0.1, 0.15) is 104 Å². The molecule has 0 aromatic carbocycles. The maximum Gasteiger partial charge on any atom is 0.694 e. The number of nitrogen functional groups attached to an aromatic ring is 4. The maximum atomic E-state index is 14.2. The van der Waals surface area contributed by atoms with Gasteiger partial charge in [-0.3, -0.25) is 65.0 Å². The zero-order valence-corrected chi connectivity index (χ0v) is 48.4. The average molecular weight is 1350 g/mol. The van der Waals surface area contributed by atoms with Crippen LogP contribution >= 0.6 is 31.7 Å². The third-order valence-corrected chi connectivity index (χ3v) is 17.7. The fourth-order valence-corrected chi connectivity index (χ4v) is 13.5. The van der Waals surface area contributed by atoms with Crippen LogP contribution in [0.2, 0.25) is 0 Å². The van der Waals surface area contributed by atoms with Crippen LogP contribution in [0.15, 0.2) is 47.6 Å². The Balaban J connectivity index is 0.782. The van der Waals surface area contributed by atoms with Crippen LogP contribution < -0.4 is 34.1 Å². The summed E-state index contributed by atoms with van der Waals surface area (Å²) in [6, 6.07) is 0. The number of aromatic amines is 2. The number of aliphatic hydroxyl groups excluding tert-OH is 5. The number of ether oxygens (including phenoxy) is 4. The number of nitrogens with one attached hydrogen (secondary N) is 2. The molecule has 0 aliphatic carbocycles. The minimum Gasteiger partial charge on any atom is -0.387 e. The van der Waals surface area contributed by atoms with Crippen molar-refractivity contribution in [2.24, 2.45) is 0 Å². The normalized spacial score (nSPS) is 31.1. The number of aromatic nitrogens is 16. The number of nitrogens with two attached hydrogens (primary N) is 4. The fraction of sp³-hybridized carbons (Fsp3) is 0.500. The summed E-state index contributed by atoms with van der Waals surface area (Å²) in [5.74, 6) is -0.985. The zero-order chi connectivity index (χ0) is 64.0. The molecule has 4 aliphatic rings. The van der Waals surface area contributed by atoms with Crippen molar-refractivity contribution in [1.29, 1.82) is 0 Å². The van der Waals surface area contributed by atoms with Crippen molar-refractivity contribution in [3.05, 3.63) is 58.7 Å². The summed E-state index contributed by atoms with van der Waals surface area (Å²) in [6.45, 7) is -4.37. The number of anilines is 4. The molecule has 12 rings (SSSR count). The number of rotatable bonds is 22. The molecule has 46 nitrogen and oxygen atoms in total. The predicted octanol–water partition coefficient (Wildman–Crippen LogP) is -5.17. The van der Waals surface area contributed by atoms with Gasteiger partial charge in [-0.2, -0.15) is 9.97 Å². The van der Waals surface area contributed by atoms with Crippen LogP contribution in [0, 0.1) is 0 Å². The van der Waals surface area contributed by atoms with Crippen molar-refractivity contribution in [1.82, 2.24) is 78.1 Å². The molecular formula is C40H49N20O26P4+. The summed E-state index contributed by atoms with van der Waals surface area (Å²) >= 11 is 0. The van der Waals surface area contributed by atoms with E-state index < -0.39 is 179 Å². The van der Waals surface area contributed by atoms with E-state index in [-0.39, 0.29) is 56.3 Å². The summed E-state index contributed by atoms with van der Waals surface area (Å²) in [6.07, 6.45) is -23.7. The molecule has 8 aromatic rings. The molecule has 50 heteroatoms. The lowest BCUT2D eigenvalue weighted by atomic mass is 10.1. The molecule has 4 aliphatic heterocycles. The molecule has 20 atom stereocenters. The van der Waals surface area contributed by atoms with Crippen LogP contribution in [0.5, 0.6) is 0 Å². The molecule has 4 fully saturated rings. The van der Waals surface area contributed by atoms with E-state index in [9.17, 15) is 73.0 Å². The van der Waals surface area contributed by atoms with Gasteiger partial charge in [-0.1, -0.05) is 0 Å². The van der Waals surface area contributed by atoms with Crippen LogP contribution in [0.3, 0.4) is 0 Å². The lowest BCUT2D eigenvalue weighted by Crippen LogP contribution is -2.38. The van der Waals surface area contributed by atoms with E-state index in [2.05, 4.69) is 59.8 Å². The summed E-state index contributed by atoms with van der Waals surface area (Å²) < 4.78 is 118. The van der Waals surface area contributed by atoms with Gasteiger partial charge in [0.05, 0.1) is 45.1 Å². The summed E-state index contributed by atoms with van der Waals surface area (Å²) in [7, 11) is -20.3. The SMILES string of the molecule is Nc1nc2c(ncn2[C@@H]2O[C@H](COP(=O)(O)O[C@H]3[C@@H](O)[C@H](n4cnc5c(N)ncnc54)O[C@@H]3CO[P+](=O)O)[C@@H](OP(=O)(O)OC[C@H]3O[C@@H](n4cnc5c(=O)[nH]c(N)nc54)[C@H](O)[C@@H]3OP(=O)(O)OC[C@H]3O[C@@H](n4cnc5c(N)ncnc54)[C@H](O)[C@@H]3O)[C@H]2O)c(=O)[nH]1. The molecular weight excluding hydrogens is 1300 g/mol. The molecule has 0 radical (unpaired) electrons. The molecule has 19 N–H and O–H groups in total. The lowest BCUT2D eigenvalue weighted by molar-refractivity contribution is -0.0631. The average Bonchev–Trinajstić information content (AvgIpc) is 1.64. The molecule has 4 unspecified atom stereocenters. The first kappa shape index (κ1) is 63.2. The minimum absolute atomic E-state index is 0.00653. The number of H-pyrrole nitrogens is 2. The highest BCUT2D eigenvalue weighted by molar-refractivity contribution is 7.48. The molecule has 0 bridgehead atoms. The predicted molar refractivity (Wildman–Crippen MR) is 288 cm³/mol. The van der Waals surface area contributed by atoms with E-state index in [1.54, 1.807) is 0 Å². The van der Waals surface area contributed by atoms with Gasteiger partial charge < -0.3 is 82.1 Å². The zero-order valence-electron chi connectivity index (χ0n) is 44.9. The Morgan fingerprint density at radius 2 is 0.811 bits per heavy atom. The van der Waals surface area contributed by atoms with E-state index in [1.165, 1.54) is 10.9 Å². The first-order valence-electron chi connectivity index (χ1n) is 25.8. The monoisotopic (exact) mass is 1350 g/mol. The van der Waals surface area contributed by atoms with Gasteiger partial charge >= 0.3 is 31.7 Å². The number of nitrogens with zero attached hydrogens (tertiary/aromatic N) is 14. The Morgan fingerprint density at radius 1 is 0.478 bits per heavy atom. The van der Waals surface area contributed by atoms with Crippen LogP contribution in [0.4, 0.5) is 23.5 Å². The van der Waals surface area contributed by atoms with Gasteiger partial charge in [0, 0.05) is 4.57 Å². The van der Waals surface area contributed by atoms with Crippen LogP contribution in [-0.4, -0.2) is 223 Å². The maximum absolute atomic E-state index is 14.2. The second kappa shape index (κ2) is 24.2. The third kappa shape index (κ3) is 12.1. The second-order valence-corrected chi connectivity index (χ2v) is 24.9. The largest absolute Gasteiger partial charge is 0.694 e. The first-order chi connectivity index (χ1) is 42.7. The van der Waals surface area contributed by atoms with Crippen molar-refractivity contribution in [2.75, 3.05) is 49.4 Å².